The van der Waals surface area contributed by atoms with Gasteiger partial charge in [0.15, 0.2) is 0 Å². The number of hydrogen-bond donors (Lipinski definition) is 1. The largest absolute Gasteiger partial charge is 0.342 e. The Bertz CT molecular complexity index is 210. The minimum atomic E-state index is 0.241. The number of likely N-dealkylation sites (N-methyl/N-ethyl adjacent to an activating group) is 2. The summed E-state index contributed by atoms with van der Waals surface area (Å²) in [6.45, 7) is 8.32. The molecule has 0 aromatic carbocycles. The molecular weight excluding hydrogens is 202 g/mol. The molecule has 1 amide bonds. The molecule has 0 bridgehead atoms. The zero-order chi connectivity index (χ0) is 12.0. The first-order valence-electron chi connectivity index (χ1n) is 6.37. The highest BCUT2D eigenvalue weighted by Crippen LogP contribution is 2.06. The van der Waals surface area contributed by atoms with Crippen molar-refractivity contribution in [3.05, 3.63) is 0 Å². The van der Waals surface area contributed by atoms with Gasteiger partial charge in [0.2, 0.25) is 5.91 Å². The van der Waals surface area contributed by atoms with Crippen LogP contribution in [0.15, 0.2) is 0 Å². The summed E-state index contributed by atoms with van der Waals surface area (Å²) in [4.78, 5) is 15.9. The van der Waals surface area contributed by atoms with Crippen LogP contribution in [0.3, 0.4) is 0 Å². The van der Waals surface area contributed by atoms with Crippen molar-refractivity contribution in [2.45, 2.75) is 32.7 Å². The SMILES string of the molecule is CCN(CC)C(=O)CN(C)CC1CCCN1. The third-order valence-corrected chi connectivity index (χ3v) is 3.22. The highest BCUT2D eigenvalue weighted by atomic mass is 16.2. The highest BCUT2D eigenvalue weighted by molar-refractivity contribution is 5.78. The molecule has 1 aliphatic rings. The van der Waals surface area contributed by atoms with Gasteiger partial charge in [0.25, 0.3) is 0 Å². The molecule has 0 aliphatic carbocycles. The summed E-state index contributed by atoms with van der Waals surface area (Å²) in [5.41, 5.74) is 0. The molecule has 0 aromatic rings. The molecule has 1 fully saturated rings. The van der Waals surface area contributed by atoms with E-state index >= 15 is 0 Å². The third kappa shape index (κ3) is 4.10. The summed E-state index contributed by atoms with van der Waals surface area (Å²) in [6, 6.07) is 0.578. The average Bonchev–Trinajstić information content (AvgIpc) is 2.71. The Morgan fingerprint density at radius 3 is 2.56 bits per heavy atom. The van der Waals surface area contributed by atoms with Crippen molar-refractivity contribution in [1.82, 2.24) is 15.1 Å². The van der Waals surface area contributed by atoms with Crippen molar-refractivity contribution in [1.29, 1.82) is 0 Å². The van der Waals surface area contributed by atoms with Crippen molar-refractivity contribution in [3.63, 3.8) is 0 Å². The number of carbonyl (C=O) groups is 1. The molecule has 1 heterocycles. The van der Waals surface area contributed by atoms with E-state index in [0.29, 0.717) is 12.6 Å². The number of carbonyl (C=O) groups excluding carboxylic acids is 1. The summed E-state index contributed by atoms with van der Waals surface area (Å²) in [5.74, 6) is 0.241. The second-order valence-electron chi connectivity index (χ2n) is 4.56. The van der Waals surface area contributed by atoms with Crippen LogP contribution in [0.5, 0.6) is 0 Å². The summed E-state index contributed by atoms with van der Waals surface area (Å²) in [6.07, 6.45) is 2.51. The minimum absolute atomic E-state index is 0.241. The van der Waals surface area contributed by atoms with Gasteiger partial charge in [-0.15, -0.1) is 0 Å². The molecule has 94 valence electrons. The van der Waals surface area contributed by atoms with Gasteiger partial charge in [0.1, 0.15) is 0 Å². The summed E-state index contributed by atoms with van der Waals surface area (Å²) < 4.78 is 0. The predicted molar refractivity (Wildman–Crippen MR) is 66.4 cm³/mol. The van der Waals surface area contributed by atoms with Crippen LogP contribution in [0.25, 0.3) is 0 Å². The van der Waals surface area contributed by atoms with Gasteiger partial charge in [-0.3, -0.25) is 9.69 Å². The number of amides is 1. The number of rotatable bonds is 6. The molecule has 4 nitrogen and oxygen atoms in total. The van der Waals surface area contributed by atoms with Gasteiger partial charge in [-0.2, -0.15) is 0 Å². The lowest BCUT2D eigenvalue weighted by Gasteiger charge is -2.24. The number of nitrogens with zero attached hydrogens (tertiary/aromatic N) is 2. The molecule has 0 saturated carbocycles. The van der Waals surface area contributed by atoms with E-state index in [9.17, 15) is 4.79 Å². The van der Waals surface area contributed by atoms with Crippen LogP contribution >= 0.6 is 0 Å². The Hall–Kier alpha value is -0.610. The van der Waals surface area contributed by atoms with Gasteiger partial charge >= 0.3 is 0 Å². The molecule has 1 aliphatic heterocycles. The van der Waals surface area contributed by atoms with E-state index in [-0.39, 0.29) is 5.91 Å². The molecule has 16 heavy (non-hydrogen) atoms. The fourth-order valence-corrected chi connectivity index (χ4v) is 2.26. The van der Waals surface area contributed by atoms with E-state index in [1.165, 1.54) is 12.8 Å². The molecule has 1 atom stereocenters. The van der Waals surface area contributed by atoms with Crippen LogP contribution in [0.4, 0.5) is 0 Å². The molecule has 0 spiro atoms. The lowest BCUT2D eigenvalue weighted by atomic mass is 10.2. The van der Waals surface area contributed by atoms with Gasteiger partial charge < -0.3 is 10.2 Å². The monoisotopic (exact) mass is 227 g/mol. The Morgan fingerprint density at radius 2 is 2.06 bits per heavy atom. The fourth-order valence-electron chi connectivity index (χ4n) is 2.26. The first-order valence-corrected chi connectivity index (χ1v) is 6.37. The summed E-state index contributed by atoms with van der Waals surface area (Å²) in [5, 5.41) is 3.45. The van der Waals surface area contributed by atoms with Crippen molar-refractivity contribution >= 4 is 5.91 Å². The van der Waals surface area contributed by atoms with Gasteiger partial charge in [-0.25, -0.2) is 0 Å². The van der Waals surface area contributed by atoms with Crippen LogP contribution in [0, 0.1) is 0 Å². The highest BCUT2D eigenvalue weighted by Gasteiger charge is 2.18. The van der Waals surface area contributed by atoms with Gasteiger partial charge in [-0.1, -0.05) is 0 Å². The number of nitrogens with one attached hydrogen (secondary N) is 1. The van der Waals surface area contributed by atoms with Gasteiger partial charge in [0, 0.05) is 25.7 Å². The Kier molecular flexibility index (Phi) is 5.77. The van der Waals surface area contributed by atoms with Crippen LogP contribution in [-0.4, -0.2) is 61.5 Å². The third-order valence-electron chi connectivity index (χ3n) is 3.22. The van der Waals surface area contributed by atoms with Crippen LogP contribution in [0.1, 0.15) is 26.7 Å². The van der Waals surface area contributed by atoms with Crippen LogP contribution < -0.4 is 5.32 Å². The molecule has 0 aromatic heterocycles. The standard InChI is InChI=1S/C12H25N3O/c1-4-15(5-2)12(16)10-14(3)9-11-7-6-8-13-11/h11,13H,4-10H2,1-3H3. The molecule has 1 saturated heterocycles. The second kappa shape index (κ2) is 6.86. The quantitative estimate of drug-likeness (QED) is 0.719. The minimum Gasteiger partial charge on any atom is -0.342 e. The second-order valence-corrected chi connectivity index (χ2v) is 4.56. The molecule has 4 heteroatoms. The molecular formula is C12H25N3O. The predicted octanol–water partition coefficient (Wildman–Crippen LogP) is 0.539. The van der Waals surface area contributed by atoms with Gasteiger partial charge in [0.05, 0.1) is 6.54 Å². The Morgan fingerprint density at radius 1 is 1.38 bits per heavy atom. The van der Waals surface area contributed by atoms with E-state index in [2.05, 4.69) is 10.2 Å². The first kappa shape index (κ1) is 13.5. The van der Waals surface area contributed by atoms with E-state index < -0.39 is 0 Å². The topological polar surface area (TPSA) is 35.6 Å². The molecule has 1 unspecified atom stereocenters. The van der Waals surface area contributed by atoms with E-state index in [1.54, 1.807) is 0 Å². The van der Waals surface area contributed by atoms with Crippen LogP contribution in [-0.2, 0) is 4.79 Å². The van der Waals surface area contributed by atoms with Crippen molar-refractivity contribution < 1.29 is 4.79 Å². The van der Waals surface area contributed by atoms with E-state index in [0.717, 1.165) is 26.2 Å². The fraction of sp³-hybridized carbons (Fsp3) is 0.917. The molecule has 1 N–H and O–H groups in total. The maximum absolute atomic E-state index is 11.9. The Labute approximate surface area is 99.0 Å². The first-order chi connectivity index (χ1) is 7.67. The lowest BCUT2D eigenvalue weighted by molar-refractivity contribution is -0.131. The van der Waals surface area contributed by atoms with Crippen LogP contribution in [0.2, 0.25) is 0 Å². The van der Waals surface area contributed by atoms with Crippen molar-refractivity contribution in [2.75, 3.05) is 39.8 Å². The van der Waals surface area contributed by atoms with Gasteiger partial charge in [-0.05, 0) is 40.3 Å². The van der Waals surface area contributed by atoms with Crippen molar-refractivity contribution in [3.8, 4) is 0 Å². The molecule has 0 radical (unpaired) electrons. The normalized spacial score (nSPS) is 20.4. The smallest absolute Gasteiger partial charge is 0.236 e. The maximum Gasteiger partial charge on any atom is 0.236 e. The zero-order valence-electron chi connectivity index (χ0n) is 10.8. The number of hydrogen-bond acceptors (Lipinski definition) is 3. The van der Waals surface area contributed by atoms with E-state index in [1.807, 2.05) is 25.8 Å². The average molecular weight is 227 g/mol. The van der Waals surface area contributed by atoms with E-state index in [4.69, 9.17) is 0 Å². The zero-order valence-corrected chi connectivity index (χ0v) is 10.8. The lowest BCUT2D eigenvalue weighted by Crippen LogP contribution is -2.42. The van der Waals surface area contributed by atoms with Crippen molar-refractivity contribution in [2.24, 2.45) is 0 Å². The maximum atomic E-state index is 11.9. The molecule has 1 rings (SSSR count). The Balaban J connectivity index is 2.26. The summed E-state index contributed by atoms with van der Waals surface area (Å²) in [7, 11) is 2.03. The summed E-state index contributed by atoms with van der Waals surface area (Å²) >= 11 is 0.